The number of benzene rings is 1. The first-order valence-corrected chi connectivity index (χ1v) is 11.6. The molecule has 0 aliphatic rings. The van der Waals surface area contributed by atoms with Gasteiger partial charge in [-0.1, -0.05) is 27.7 Å². The lowest BCUT2D eigenvalue weighted by Gasteiger charge is -2.09. The Morgan fingerprint density at radius 3 is 2.52 bits per heavy atom. The second kappa shape index (κ2) is 10.5. The molecule has 6 heteroatoms. The fourth-order valence-corrected chi connectivity index (χ4v) is 4.46. The molecule has 2 N–H and O–H groups in total. The van der Waals surface area contributed by atoms with E-state index in [0.717, 1.165) is 67.9 Å². The zero-order chi connectivity index (χ0) is 22.4. The van der Waals surface area contributed by atoms with Crippen LogP contribution in [0.3, 0.4) is 0 Å². The maximum Gasteiger partial charge on any atom is 0.162 e. The van der Waals surface area contributed by atoms with Crippen molar-refractivity contribution >= 4 is 44.3 Å². The zero-order valence-electron chi connectivity index (χ0n) is 18.8. The highest BCUT2D eigenvalue weighted by atomic mass is 32.1. The quantitative estimate of drug-likeness (QED) is 0.271. The summed E-state index contributed by atoms with van der Waals surface area (Å²) in [6, 6.07) is 12.3. The molecule has 4 aromatic rings. The SMILES string of the molecule is CC.CNCCNc1c(C=O)sc2ccc3nc(-c4ccc(C(C)C)nc4)ccc3c12. The monoisotopic (exact) mass is 434 g/mol. The van der Waals surface area contributed by atoms with Crippen molar-refractivity contribution in [3.8, 4) is 11.3 Å². The van der Waals surface area contributed by atoms with Crippen LogP contribution in [0.5, 0.6) is 0 Å². The van der Waals surface area contributed by atoms with Crippen LogP contribution in [0, 0.1) is 0 Å². The zero-order valence-corrected chi connectivity index (χ0v) is 19.6. The predicted octanol–water partition coefficient (Wildman–Crippen LogP) is 6.10. The molecular formula is C25H30N4OS. The molecule has 1 aromatic carbocycles. The Labute approximate surface area is 187 Å². The van der Waals surface area contributed by atoms with E-state index in [9.17, 15) is 4.79 Å². The van der Waals surface area contributed by atoms with Gasteiger partial charge >= 0.3 is 0 Å². The fourth-order valence-electron chi connectivity index (χ4n) is 3.45. The van der Waals surface area contributed by atoms with Crippen molar-refractivity contribution in [2.75, 3.05) is 25.5 Å². The van der Waals surface area contributed by atoms with E-state index >= 15 is 0 Å². The van der Waals surface area contributed by atoms with Gasteiger partial charge in [0.1, 0.15) is 0 Å². The molecular weight excluding hydrogens is 404 g/mol. The Morgan fingerprint density at radius 1 is 1.06 bits per heavy atom. The molecule has 0 bridgehead atoms. The third-order valence-corrected chi connectivity index (χ3v) is 6.09. The highest BCUT2D eigenvalue weighted by Crippen LogP contribution is 2.39. The molecule has 0 fully saturated rings. The number of carbonyl (C=O) groups excluding carboxylic acids is 1. The second-order valence-corrected chi connectivity index (χ2v) is 8.40. The third kappa shape index (κ3) is 4.75. The van der Waals surface area contributed by atoms with Crippen LogP contribution in [0.25, 0.3) is 32.2 Å². The number of rotatable bonds is 7. The lowest BCUT2D eigenvalue weighted by molar-refractivity contribution is 0.112. The largest absolute Gasteiger partial charge is 0.382 e. The maximum absolute atomic E-state index is 11.6. The van der Waals surface area contributed by atoms with Crippen molar-refractivity contribution < 1.29 is 4.79 Å². The summed E-state index contributed by atoms with van der Waals surface area (Å²) in [6.07, 6.45) is 2.82. The number of pyridine rings is 2. The van der Waals surface area contributed by atoms with Crippen LogP contribution in [0.2, 0.25) is 0 Å². The Hall–Kier alpha value is -2.83. The fraction of sp³-hybridized carbons (Fsp3) is 0.320. The van der Waals surface area contributed by atoms with Crippen molar-refractivity contribution in [3.05, 3.63) is 53.2 Å². The number of anilines is 1. The van der Waals surface area contributed by atoms with E-state index in [1.54, 1.807) is 0 Å². The minimum atomic E-state index is 0.404. The highest BCUT2D eigenvalue weighted by Gasteiger charge is 2.15. The van der Waals surface area contributed by atoms with Gasteiger partial charge in [-0.15, -0.1) is 11.3 Å². The Bertz CT molecular complexity index is 1170. The van der Waals surface area contributed by atoms with Gasteiger partial charge in [0.2, 0.25) is 0 Å². The van der Waals surface area contributed by atoms with Gasteiger partial charge in [-0.25, -0.2) is 4.98 Å². The summed E-state index contributed by atoms with van der Waals surface area (Å²) >= 11 is 1.51. The van der Waals surface area contributed by atoms with Gasteiger partial charge < -0.3 is 10.6 Å². The molecule has 3 heterocycles. The van der Waals surface area contributed by atoms with Gasteiger partial charge in [0.15, 0.2) is 6.29 Å². The van der Waals surface area contributed by atoms with Crippen molar-refractivity contribution in [3.63, 3.8) is 0 Å². The van der Waals surface area contributed by atoms with E-state index in [0.29, 0.717) is 5.92 Å². The minimum Gasteiger partial charge on any atom is -0.382 e. The number of thiophene rings is 1. The summed E-state index contributed by atoms with van der Waals surface area (Å²) in [4.78, 5) is 21.8. The average molecular weight is 435 g/mol. The second-order valence-electron chi connectivity index (χ2n) is 7.32. The number of nitrogens with one attached hydrogen (secondary N) is 2. The Balaban J connectivity index is 0.00000132. The number of carbonyl (C=O) groups is 1. The van der Waals surface area contributed by atoms with E-state index in [2.05, 4.69) is 53.7 Å². The number of aldehydes is 1. The standard InChI is InChI=1S/C23H24N4OS.C2H6/c1-14(2)17-6-4-15(12-26-17)18-7-5-16-19(27-18)8-9-20-22(16)23(21(13-28)29-20)25-11-10-24-3;1-2/h4-9,12-14,24-25H,10-11H2,1-3H3;1-2H3. The van der Waals surface area contributed by atoms with E-state index in [-0.39, 0.29) is 0 Å². The summed E-state index contributed by atoms with van der Waals surface area (Å²) < 4.78 is 1.09. The summed E-state index contributed by atoms with van der Waals surface area (Å²) in [6.45, 7) is 9.84. The van der Waals surface area contributed by atoms with Gasteiger partial charge in [0.05, 0.1) is 21.8 Å². The molecule has 4 rings (SSSR count). The number of likely N-dealkylation sites (N-methyl/N-ethyl adjacent to an activating group) is 1. The maximum atomic E-state index is 11.6. The van der Waals surface area contributed by atoms with Crippen LogP contribution in [0.1, 0.15) is 49.0 Å². The van der Waals surface area contributed by atoms with Crippen LogP contribution in [0.15, 0.2) is 42.6 Å². The molecule has 0 amide bonds. The molecule has 0 radical (unpaired) electrons. The van der Waals surface area contributed by atoms with E-state index < -0.39 is 0 Å². The molecule has 0 saturated carbocycles. The van der Waals surface area contributed by atoms with Crippen LogP contribution >= 0.6 is 11.3 Å². The van der Waals surface area contributed by atoms with Crippen LogP contribution in [-0.2, 0) is 0 Å². The number of aromatic nitrogens is 2. The first-order valence-electron chi connectivity index (χ1n) is 10.8. The highest BCUT2D eigenvalue weighted by molar-refractivity contribution is 7.21. The smallest absolute Gasteiger partial charge is 0.162 e. The van der Waals surface area contributed by atoms with Gasteiger partial charge in [0, 0.05) is 46.0 Å². The molecule has 0 saturated heterocycles. The Morgan fingerprint density at radius 2 is 1.87 bits per heavy atom. The van der Waals surface area contributed by atoms with Crippen LogP contribution < -0.4 is 10.6 Å². The van der Waals surface area contributed by atoms with Gasteiger partial charge in [-0.05, 0) is 49.4 Å². The molecule has 0 atom stereocenters. The van der Waals surface area contributed by atoms with E-state index in [1.165, 1.54) is 11.3 Å². The van der Waals surface area contributed by atoms with Crippen molar-refractivity contribution in [2.45, 2.75) is 33.6 Å². The molecule has 162 valence electrons. The molecule has 31 heavy (non-hydrogen) atoms. The lowest BCUT2D eigenvalue weighted by atomic mass is 10.1. The number of hydrogen-bond donors (Lipinski definition) is 2. The van der Waals surface area contributed by atoms with Gasteiger partial charge in [-0.2, -0.15) is 0 Å². The molecule has 5 nitrogen and oxygen atoms in total. The summed E-state index contributed by atoms with van der Waals surface area (Å²) in [7, 11) is 1.91. The number of hydrogen-bond acceptors (Lipinski definition) is 6. The van der Waals surface area contributed by atoms with Crippen LogP contribution in [0.4, 0.5) is 5.69 Å². The summed E-state index contributed by atoms with van der Waals surface area (Å²) in [5.74, 6) is 0.404. The molecule has 0 unspecified atom stereocenters. The molecule has 0 aliphatic heterocycles. The first kappa shape index (κ1) is 22.8. The van der Waals surface area contributed by atoms with Crippen molar-refractivity contribution in [2.24, 2.45) is 0 Å². The molecule has 0 spiro atoms. The third-order valence-electron chi connectivity index (χ3n) is 5.01. The number of nitrogens with zero attached hydrogens (tertiary/aromatic N) is 2. The first-order chi connectivity index (χ1) is 15.1. The normalized spacial score (nSPS) is 10.9. The average Bonchev–Trinajstić information content (AvgIpc) is 3.18. The van der Waals surface area contributed by atoms with Gasteiger partial charge in [0.25, 0.3) is 0 Å². The summed E-state index contributed by atoms with van der Waals surface area (Å²) in [5, 5.41) is 8.66. The summed E-state index contributed by atoms with van der Waals surface area (Å²) in [5.41, 5.74) is 4.79. The predicted molar refractivity (Wildman–Crippen MR) is 134 cm³/mol. The van der Waals surface area contributed by atoms with Crippen molar-refractivity contribution in [1.82, 2.24) is 15.3 Å². The van der Waals surface area contributed by atoms with Crippen molar-refractivity contribution in [1.29, 1.82) is 0 Å². The van der Waals surface area contributed by atoms with E-state index in [1.807, 2.05) is 39.2 Å². The van der Waals surface area contributed by atoms with E-state index in [4.69, 9.17) is 4.98 Å². The van der Waals surface area contributed by atoms with Gasteiger partial charge in [-0.3, -0.25) is 9.78 Å². The molecule has 0 aliphatic carbocycles. The Kier molecular flexibility index (Phi) is 7.71. The minimum absolute atomic E-state index is 0.404. The topological polar surface area (TPSA) is 66.9 Å². The lowest BCUT2D eigenvalue weighted by Crippen LogP contribution is -2.18. The van der Waals surface area contributed by atoms with Crippen LogP contribution in [-0.4, -0.2) is 36.4 Å². The molecule has 3 aromatic heterocycles. The number of fused-ring (bicyclic) bond motifs is 3.